The lowest BCUT2D eigenvalue weighted by atomic mass is 9.81. The normalized spacial score (nSPS) is 14.0. The topological polar surface area (TPSA) is 32.8 Å². The van der Waals surface area contributed by atoms with Crippen molar-refractivity contribution in [3.8, 4) is 22.3 Å². The van der Waals surface area contributed by atoms with Gasteiger partial charge in [-0.2, -0.15) is 0 Å². The molecule has 4 nitrogen and oxygen atoms in total. The van der Waals surface area contributed by atoms with E-state index in [2.05, 4.69) is 258 Å². The predicted octanol–water partition coefficient (Wildman–Crippen LogP) is 20.0. The van der Waals surface area contributed by atoms with E-state index in [0.29, 0.717) is 0 Å². The zero-order chi connectivity index (χ0) is 49.8. The fourth-order valence-corrected chi connectivity index (χ4v) is 13.3. The summed E-state index contributed by atoms with van der Waals surface area (Å²) in [6, 6.07) is 75.8. The monoisotopic (exact) mass is 952 g/mol. The summed E-state index contributed by atoms with van der Waals surface area (Å²) in [6.07, 6.45) is 0. The van der Waals surface area contributed by atoms with Crippen LogP contribution in [0.25, 0.3) is 87.7 Å². The summed E-state index contributed by atoms with van der Waals surface area (Å²) in [5.74, 6) is 0. The first-order chi connectivity index (χ1) is 36.0. The second-order valence-electron chi connectivity index (χ2n) is 21.8. The van der Waals surface area contributed by atoms with Crippen LogP contribution in [0, 0.1) is 13.8 Å². The second-order valence-corrected chi connectivity index (χ2v) is 21.8. The third-order valence-electron chi connectivity index (χ3n) is 16.8. The Bertz CT molecular complexity index is 4260. The molecule has 15 rings (SSSR count). The van der Waals surface area contributed by atoms with Crippen molar-refractivity contribution < 1.29 is 8.83 Å². The van der Waals surface area contributed by atoms with Gasteiger partial charge in [0.1, 0.15) is 22.3 Å². The van der Waals surface area contributed by atoms with Crippen LogP contribution in [-0.4, -0.2) is 0 Å². The molecule has 354 valence electrons. The van der Waals surface area contributed by atoms with Gasteiger partial charge in [0.2, 0.25) is 0 Å². The van der Waals surface area contributed by atoms with Crippen molar-refractivity contribution in [1.82, 2.24) is 0 Å². The van der Waals surface area contributed by atoms with Gasteiger partial charge in [0.15, 0.2) is 0 Å². The van der Waals surface area contributed by atoms with E-state index in [9.17, 15) is 0 Å². The molecule has 0 N–H and O–H groups in total. The van der Waals surface area contributed by atoms with Crippen molar-refractivity contribution in [2.45, 2.75) is 52.4 Å². The summed E-state index contributed by atoms with van der Waals surface area (Å²) in [7, 11) is 0. The Morgan fingerprint density at radius 1 is 0.324 bits per heavy atom. The maximum Gasteiger partial charge on any atom is 0.136 e. The number of fused-ring (bicyclic) bond motifs is 15. The molecule has 0 fully saturated rings. The zero-order valence-corrected chi connectivity index (χ0v) is 42.3. The minimum Gasteiger partial charge on any atom is -0.456 e. The van der Waals surface area contributed by atoms with Gasteiger partial charge in [0, 0.05) is 55.1 Å². The average Bonchev–Trinajstić information content (AvgIpc) is 4.11. The molecule has 0 unspecified atom stereocenters. The molecule has 13 aromatic rings. The van der Waals surface area contributed by atoms with E-state index < -0.39 is 0 Å². The fraction of sp³-hybridized carbons (Fsp3) is 0.114. The van der Waals surface area contributed by atoms with Gasteiger partial charge in [-0.15, -0.1) is 0 Å². The van der Waals surface area contributed by atoms with E-state index in [-0.39, 0.29) is 10.8 Å². The number of hydrogen-bond donors (Lipinski definition) is 0. The van der Waals surface area contributed by atoms with E-state index in [4.69, 9.17) is 8.83 Å². The zero-order valence-electron chi connectivity index (χ0n) is 42.3. The van der Waals surface area contributed by atoms with Crippen LogP contribution in [0.1, 0.15) is 61.1 Å². The molecule has 0 amide bonds. The van der Waals surface area contributed by atoms with Gasteiger partial charge in [0.25, 0.3) is 0 Å². The maximum absolute atomic E-state index is 6.83. The van der Waals surface area contributed by atoms with Crippen LogP contribution in [0.15, 0.2) is 215 Å². The molecule has 2 aliphatic carbocycles. The summed E-state index contributed by atoms with van der Waals surface area (Å²) in [4.78, 5) is 4.93. The van der Waals surface area contributed by atoms with Gasteiger partial charge < -0.3 is 18.6 Å². The first kappa shape index (κ1) is 42.8. The number of hydrogen-bond acceptors (Lipinski definition) is 4. The van der Waals surface area contributed by atoms with Crippen molar-refractivity contribution in [1.29, 1.82) is 0 Å². The van der Waals surface area contributed by atoms with E-state index in [1.165, 1.54) is 67.0 Å². The van der Waals surface area contributed by atoms with Gasteiger partial charge in [0.05, 0.1) is 11.4 Å². The molecular weight excluding hydrogens is 901 g/mol. The van der Waals surface area contributed by atoms with Gasteiger partial charge in [-0.25, -0.2) is 0 Å². The molecule has 0 atom stereocenters. The van der Waals surface area contributed by atoms with Crippen LogP contribution < -0.4 is 9.80 Å². The third kappa shape index (κ3) is 5.97. The summed E-state index contributed by atoms with van der Waals surface area (Å²) < 4.78 is 13.7. The second kappa shape index (κ2) is 15.3. The number of anilines is 6. The Hall–Kier alpha value is -8.86. The molecule has 0 radical (unpaired) electrons. The number of nitrogens with zero attached hydrogens (tertiary/aromatic N) is 2. The number of furan rings is 2. The summed E-state index contributed by atoms with van der Waals surface area (Å²) in [5.41, 5.74) is 23.0. The number of rotatable bonds is 6. The maximum atomic E-state index is 6.83. The third-order valence-corrected chi connectivity index (χ3v) is 16.8. The highest BCUT2D eigenvalue weighted by molar-refractivity contribution is 6.28. The Morgan fingerprint density at radius 3 is 1.16 bits per heavy atom. The van der Waals surface area contributed by atoms with E-state index in [1.54, 1.807) is 0 Å². The highest BCUT2D eigenvalue weighted by Crippen LogP contribution is 2.57. The highest BCUT2D eigenvalue weighted by atomic mass is 16.3. The van der Waals surface area contributed by atoms with E-state index in [0.717, 1.165) is 88.2 Å². The molecule has 0 saturated carbocycles. The minimum atomic E-state index is -0.185. The van der Waals surface area contributed by atoms with Crippen molar-refractivity contribution in [3.63, 3.8) is 0 Å². The smallest absolute Gasteiger partial charge is 0.136 e. The quantitative estimate of drug-likeness (QED) is 0.166. The standard InChI is InChI=1S/C70H52N2O2/c1-41-17-7-13-25-57(41)71(59-27-15-21-51-49-19-9-11-23-55(49)69(3,4)67(51)59)47-31-29-43-37-53-63(39-45(43)35-47)73-61-33-34-62-66(65(53)61)54-38-44-30-32-48(36-46(44)40-64(54)74-62)72(58-26-14-8-18-42(58)2)60-28-16-22-52-50-20-10-12-24-56(50)70(5,6)68(52)60/h7-40H,1-6H3. The molecule has 0 spiro atoms. The van der Waals surface area contributed by atoms with E-state index >= 15 is 0 Å². The van der Waals surface area contributed by atoms with E-state index in [1.807, 2.05) is 0 Å². The molecule has 11 aromatic carbocycles. The summed E-state index contributed by atoms with van der Waals surface area (Å²) >= 11 is 0. The van der Waals surface area contributed by atoms with Crippen LogP contribution in [0.5, 0.6) is 0 Å². The Labute approximate surface area is 430 Å². The molecule has 74 heavy (non-hydrogen) atoms. The van der Waals surface area contributed by atoms with Gasteiger partial charge >= 0.3 is 0 Å². The average molecular weight is 953 g/mol. The largest absolute Gasteiger partial charge is 0.456 e. The SMILES string of the molecule is Cc1ccccc1N(c1ccc2cc3c(cc2c1)oc1ccc2oc4cc5cc(N(c6ccccc6C)c6cccc7c6C(C)(C)c6ccccc6-7)ccc5cc4c2c13)c1cccc2c1C(C)(C)c1ccccc1-2. The van der Waals surface area contributed by atoms with Crippen molar-refractivity contribution in [2.24, 2.45) is 0 Å². The van der Waals surface area contributed by atoms with Crippen molar-refractivity contribution in [2.75, 3.05) is 9.80 Å². The van der Waals surface area contributed by atoms with Crippen LogP contribution in [0.2, 0.25) is 0 Å². The first-order valence-corrected chi connectivity index (χ1v) is 25.9. The molecule has 0 aliphatic heterocycles. The Kier molecular flexibility index (Phi) is 8.87. The minimum absolute atomic E-state index is 0.185. The Balaban J connectivity index is 0.865. The van der Waals surface area contributed by atoms with Crippen LogP contribution in [0.3, 0.4) is 0 Å². The first-order valence-electron chi connectivity index (χ1n) is 25.9. The summed E-state index contributed by atoms with van der Waals surface area (Å²) in [5, 5.41) is 8.85. The van der Waals surface area contributed by atoms with Crippen LogP contribution in [0.4, 0.5) is 34.1 Å². The van der Waals surface area contributed by atoms with Gasteiger partial charge in [-0.3, -0.25) is 0 Å². The number of aryl methyl sites for hydroxylation is 2. The molecule has 2 aromatic heterocycles. The Morgan fingerprint density at radius 2 is 0.716 bits per heavy atom. The molecule has 4 heteroatoms. The molecule has 0 saturated heterocycles. The lowest BCUT2D eigenvalue weighted by molar-refractivity contribution is 0.660. The summed E-state index contributed by atoms with van der Waals surface area (Å²) in [6.45, 7) is 13.9. The highest BCUT2D eigenvalue weighted by Gasteiger charge is 2.40. The number of para-hydroxylation sites is 2. The number of benzene rings is 11. The van der Waals surface area contributed by atoms with Crippen molar-refractivity contribution in [3.05, 3.63) is 240 Å². The van der Waals surface area contributed by atoms with Gasteiger partial charge in [-0.05, 0) is 176 Å². The van der Waals surface area contributed by atoms with Crippen LogP contribution >= 0.6 is 0 Å². The molecule has 2 heterocycles. The lowest BCUT2D eigenvalue weighted by Crippen LogP contribution is -2.21. The lowest BCUT2D eigenvalue weighted by Gasteiger charge is -2.33. The van der Waals surface area contributed by atoms with Gasteiger partial charge in [-0.1, -0.05) is 149 Å². The molecule has 0 bridgehead atoms. The molecular formula is C70H52N2O2. The van der Waals surface area contributed by atoms with Crippen LogP contribution in [-0.2, 0) is 10.8 Å². The van der Waals surface area contributed by atoms with Crippen molar-refractivity contribution >= 4 is 99.5 Å². The fourth-order valence-electron chi connectivity index (χ4n) is 13.3. The molecule has 2 aliphatic rings. The predicted molar refractivity (Wildman–Crippen MR) is 310 cm³/mol.